The van der Waals surface area contributed by atoms with Crippen LogP contribution in [0.1, 0.15) is 18.7 Å². The van der Waals surface area contributed by atoms with Crippen molar-refractivity contribution in [2.45, 2.75) is 25.4 Å². The van der Waals surface area contributed by atoms with Gasteiger partial charge in [0.15, 0.2) is 5.82 Å². The lowest BCUT2D eigenvalue weighted by atomic mass is 10.1. The number of carbonyl (C=O) groups is 1. The molecule has 1 aromatic rings. The van der Waals surface area contributed by atoms with Crippen molar-refractivity contribution in [1.29, 1.82) is 0 Å². The summed E-state index contributed by atoms with van der Waals surface area (Å²) in [5.74, 6) is 0.494. The second-order valence-electron chi connectivity index (χ2n) is 3.36. The molecule has 0 aromatic carbocycles. The van der Waals surface area contributed by atoms with E-state index < -0.39 is 0 Å². The highest BCUT2D eigenvalue weighted by atomic mass is 16.5. The molecule has 76 valence electrons. The first-order valence-electron chi connectivity index (χ1n) is 4.57. The Balaban J connectivity index is 2.00. The average Bonchev–Trinajstić information content (AvgIpc) is 2.66. The fourth-order valence-corrected chi connectivity index (χ4v) is 1.56. The molecule has 6 nitrogen and oxygen atoms in total. The standard InChI is InChI=1S/C8H12N4O2/c9-6-2-1-3-12(8(6)13)4-7-10-5-14-11-7/h5-6H,1-4,9H2. The molecule has 2 heterocycles. The van der Waals surface area contributed by atoms with Crippen LogP contribution in [-0.2, 0) is 11.3 Å². The predicted molar refractivity (Wildman–Crippen MR) is 46.9 cm³/mol. The van der Waals surface area contributed by atoms with Crippen molar-refractivity contribution < 1.29 is 9.32 Å². The van der Waals surface area contributed by atoms with E-state index >= 15 is 0 Å². The van der Waals surface area contributed by atoms with Gasteiger partial charge in [0.1, 0.15) is 0 Å². The summed E-state index contributed by atoms with van der Waals surface area (Å²) in [5.41, 5.74) is 5.64. The minimum Gasteiger partial charge on any atom is -0.343 e. The highest BCUT2D eigenvalue weighted by Crippen LogP contribution is 2.11. The van der Waals surface area contributed by atoms with Gasteiger partial charge in [-0.25, -0.2) is 0 Å². The van der Waals surface area contributed by atoms with E-state index in [1.807, 2.05) is 0 Å². The van der Waals surface area contributed by atoms with Crippen molar-refractivity contribution in [3.63, 3.8) is 0 Å². The lowest BCUT2D eigenvalue weighted by molar-refractivity contribution is -0.135. The van der Waals surface area contributed by atoms with Crippen molar-refractivity contribution in [1.82, 2.24) is 15.0 Å². The Morgan fingerprint density at radius 2 is 2.57 bits per heavy atom. The van der Waals surface area contributed by atoms with Crippen LogP contribution in [0.4, 0.5) is 0 Å². The molecule has 1 aromatic heterocycles. The molecule has 0 saturated carbocycles. The lowest BCUT2D eigenvalue weighted by Crippen LogP contribution is -2.47. The maximum atomic E-state index is 11.6. The molecular formula is C8H12N4O2. The number of hydrogen-bond donors (Lipinski definition) is 1. The molecule has 1 unspecified atom stereocenters. The Morgan fingerprint density at radius 1 is 1.71 bits per heavy atom. The van der Waals surface area contributed by atoms with E-state index in [4.69, 9.17) is 5.73 Å². The number of carbonyl (C=O) groups excluding carboxylic acids is 1. The van der Waals surface area contributed by atoms with Crippen LogP contribution in [0.2, 0.25) is 0 Å². The minimum absolute atomic E-state index is 0.0268. The molecule has 1 fully saturated rings. The smallest absolute Gasteiger partial charge is 0.239 e. The Kier molecular flexibility index (Phi) is 2.45. The minimum atomic E-state index is -0.365. The molecule has 0 bridgehead atoms. The molecule has 0 spiro atoms. The number of amides is 1. The summed E-state index contributed by atoms with van der Waals surface area (Å²) in [7, 11) is 0. The van der Waals surface area contributed by atoms with Crippen LogP contribution in [0.25, 0.3) is 0 Å². The number of hydrogen-bond acceptors (Lipinski definition) is 5. The largest absolute Gasteiger partial charge is 0.343 e. The molecule has 2 N–H and O–H groups in total. The van der Waals surface area contributed by atoms with E-state index in [9.17, 15) is 4.79 Å². The predicted octanol–water partition coefficient (Wildman–Crippen LogP) is -0.481. The summed E-state index contributed by atoms with van der Waals surface area (Å²) in [6.07, 6.45) is 2.95. The summed E-state index contributed by atoms with van der Waals surface area (Å²) < 4.78 is 4.59. The Labute approximate surface area is 81.1 Å². The highest BCUT2D eigenvalue weighted by Gasteiger charge is 2.26. The second kappa shape index (κ2) is 3.75. The molecule has 1 aliphatic heterocycles. The van der Waals surface area contributed by atoms with E-state index in [2.05, 4.69) is 14.7 Å². The number of aromatic nitrogens is 2. The lowest BCUT2D eigenvalue weighted by Gasteiger charge is -2.29. The Hall–Kier alpha value is -1.43. The Morgan fingerprint density at radius 3 is 3.29 bits per heavy atom. The maximum absolute atomic E-state index is 11.6. The van der Waals surface area contributed by atoms with Crippen LogP contribution in [0.15, 0.2) is 10.9 Å². The SMILES string of the molecule is NC1CCCN(Cc2ncon2)C1=O. The monoisotopic (exact) mass is 196 g/mol. The van der Waals surface area contributed by atoms with E-state index in [1.54, 1.807) is 4.90 Å². The van der Waals surface area contributed by atoms with E-state index in [0.717, 1.165) is 19.4 Å². The zero-order valence-corrected chi connectivity index (χ0v) is 7.72. The number of nitrogens with two attached hydrogens (primary N) is 1. The summed E-state index contributed by atoms with van der Waals surface area (Å²) in [6.45, 7) is 1.12. The van der Waals surface area contributed by atoms with E-state index in [-0.39, 0.29) is 11.9 Å². The van der Waals surface area contributed by atoms with Crippen LogP contribution in [0, 0.1) is 0 Å². The summed E-state index contributed by atoms with van der Waals surface area (Å²) in [5, 5.41) is 3.65. The van der Waals surface area contributed by atoms with Crippen molar-refractivity contribution in [3.8, 4) is 0 Å². The number of rotatable bonds is 2. The number of likely N-dealkylation sites (tertiary alicyclic amines) is 1. The number of nitrogens with zero attached hydrogens (tertiary/aromatic N) is 3. The van der Waals surface area contributed by atoms with Gasteiger partial charge in [0.05, 0.1) is 12.6 Å². The maximum Gasteiger partial charge on any atom is 0.239 e. The van der Waals surface area contributed by atoms with Gasteiger partial charge in [0, 0.05) is 6.54 Å². The molecule has 1 saturated heterocycles. The fraction of sp³-hybridized carbons (Fsp3) is 0.625. The zero-order chi connectivity index (χ0) is 9.97. The molecule has 0 aliphatic carbocycles. The zero-order valence-electron chi connectivity index (χ0n) is 7.72. The molecule has 1 atom stereocenters. The number of piperidine rings is 1. The van der Waals surface area contributed by atoms with Crippen LogP contribution in [0.5, 0.6) is 0 Å². The summed E-state index contributed by atoms with van der Waals surface area (Å²) in [6, 6.07) is -0.365. The molecule has 1 amide bonds. The quantitative estimate of drug-likeness (QED) is 0.690. The summed E-state index contributed by atoms with van der Waals surface area (Å²) >= 11 is 0. The first kappa shape index (κ1) is 9.14. The van der Waals surface area contributed by atoms with Gasteiger partial charge >= 0.3 is 0 Å². The third-order valence-electron chi connectivity index (χ3n) is 2.31. The van der Waals surface area contributed by atoms with Gasteiger partial charge in [0.25, 0.3) is 0 Å². The van der Waals surface area contributed by atoms with E-state index in [0.29, 0.717) is 12.4 Å². The second-order valence-corrected chi connectivity index (χ2v) is 3.36. The van der Waals surface area contributed by atoms with E-state index in [1.165, 1.54) is 6.39 Å². The van der Waals surface area contributed by atoms with Crippen molar-refractivity contribution in [2.75, 3.05) is 6.54 Å². The molecular weight excluding hydrogens is 184 g/mol. The first-order valence-corrected chi connectivity index (χ1v) is 4.57. The van der Waals surface area contributed by atoms with Gasteiger partial charge in [-0.3, -0.25) is 4.79 Å². The van der Waals surface area contributed by atoms with Crippen molar-refractivity contribution in [2.24, 2.45) is 5.73 Å². The van der Waals surface area contributed by atoms with Gasteiger partial charge in [-0.05, 0) is 12.8 Å². The van der Waals surface area contributed by atoms with Crippen LogP contribution < -0.4 is 5.73 Å². The normalized spacial score (nSPS) is 22.8. The van der Waals surface area contributed by atoms with Crippen molar-refractivity contribution in [3.05, 3.63) is 12.2 Å². The van der Waals surface area contributed by atoms with Gasteiger partial charge in [-0.2, -0.15) is 4.98 Å². The Bertz CT molecular complexity index is 311. The molecule has 14 heavy (non-hydrogen) atoms. The van der Waals surface area contributed by atoms with Gasteiger partial charge < -0.3 is 15.2 Å². The molecule has 6 heteroatoms. The first-order chi connectivity index (χ1) is 6.77. The molecule has 0 radical (unpaired) electrons. The molecule has 1 aliphatic rings. The van der Waals surface area contributed by atoms with Crippen LogP contribution in [0.3, 0.4) is 0 Å². The fourth-order valence-electron chi connectivity index (χ4n) is 1.56. The topological polar surface area (TPSA) is 85.2 Å². The third-order valence-corrected chi connectivity index (χ3v) is 2.31. The van der Waals surface area contributed by atoms with Gasteiger partial charge in [0.2, 0.25) is 12.3 Å². The van der Waals surface area contributed by atoms with Crippen LogP contribution in [-0.4, -0.2) is 33.5 Å². The van der Waals surface area contributed by atoms with Crippen LogP contribution >= 0.6 is 0 Å². The highest BCUT2D eigenvalue weighted by molar-refractivity contribution is 5.82. The average molecular weight is 196 g/mol. The molecule has 2 rings (SSSR count). The van der Waals surface area contributed by atoms with Gasteiger partial charge in [-0.1, -0.05) is 5.16 Å². The van der Waals surface area contributed by atoms with Crippen molar-refractivity contribution >= 4 is 5.91 Å². The van der Waals surface area contributed by atoms with Gasteiger partial charge in [-0.15, -0.1) is 0 Å². The summed E-state index contributed by atoms with van der Waals surface area (Å²) in [4.78, 5) is 17.1. The third kappa shape index (κ3) is 1.74.